The van der Waals surface area contributed by atoms with Gasteiger partial charge in [-0.25, -0.2) is 8.42 Å². The number of carbonyl (C=O) groups is 1. The molecule has 0 unspecified atom stereocenters. The molecule has 0 atom stereocenters. The number of nitrogens with one attached hydrogen (secondary N) is 1. The summed E-state index contributed by atoms with van der Waals surface area (Å²) in [6, 6.07) is 6.41. The van der Waals surface area contributed by atoms with Crippen molar-refractivity contribution in [1.82, 2.24) is 14.5 Å². The smallest absolute Gasteiger partial charge is 0.253 e. The number of nitrogens with zero attached hydrogens (tertiary/aromatic N) is 2. The number of rotatable bonds is 5. The van der Waals surface area contributed by atoms with E-state index in [1.165, 1.54) is 12.1 Å². The Labute approximate surface area is 143 Å². The quantitative estimate of drug-likeness (QED) is 0.797. The van der Waals surface area contributed by atoms with Crippen molar-refractivity contribution >= 4 is 15.9 Å². The van der Waals surface area contributed by atoms with Crippen LogP contribution in [0.4, 0.5) is 0 Å². The molecule has 130 valence electrons. The minimum absolute atomic E-state index is 0.0663. The van der Waals surface area contributed by atoms with Crippen molar-refractivity contribution in [3.63, 3.8) is 0 Å². The highest BCUT2D eigenvalue weighted by atomic mass is 32.2. The molecule has 1 aliphatic heterocycles. The molecule has 1 aliphatic rings. The fourth-order valence-electron chi connectivity index (χ4n) is 2.62. The van der Waals surface area contributed by atoms with Crippen molar-refractivity contribution in [2.75, 3.05) is 32.7 Å². The van der Waals surface area contributed by atoms with E-state index in [9.17, 15) is 13.2 Å². The molecule has 0 spiro atoms. The Kier molecular flexibility index (Phi) is 5.99. The van der Waals surface area contributed by atoms with Crippen LogP contribution in [0.2, 0.25) is 0 Å². The van der Waals surface area contributed by atoms with Gasteiger partial charge < -0.3 is 4.90 Å². The molecule has 6 nitrogen and oxygen atoms in total. The van der Waals surface area contributed by atoms with Crippen LogP contribution in [0.5, 0.6) is 0 Å². The van der Waals surface area contributed by atoms with Gasteiger partial charge in [0, 0.05) is 37.8 Å². The molecule has 0 bridgehead atoms. The monoisotopic (exact) mass is 349 g/mol. The van der Waals surface area contributed by atoms with E-state index in [-0.39, 0.29) is 17.3 Å². The summed E-state index contributed by atoms with van der Waals surface area (Å²) in [4.78, 5) is 16.8. The number of hydrogen-bond donors (Lipinski definition) is 1. The molecule has 24 heavy (non-hydrogen) atoms. The third kappa shape index (κ3) is 4.35. The standard InChI is InChI=1S/C17H23N3O3S/c1-4-9-18-24(22,23)16-7-5-15(6-8-16)17(21)20-12-10-19(11-13-20)14(2)3/h1,5-8,14,18H,9-13H2,2-3H3. The first-order valence-electron chi connectivity index (χ1n) is 7.91. The number of terminal acetylenes is 1. The normalized spacial score (nSPS) is 16.2. The molecular weight excluding hydrogens is 326 g/mol. The SMILES string of the molecule is C#CCNS(=O)(=O)c1ccc(C(=O)N2CCN(C(C)C)CC2)cc1. The summed E-state index contributed by atoms with van der Waals surface area (Å²) in [5, 5.41) is 0. The number of benzene rings is 1. The highest BCUT2D eigenvalue weighted by Crippen LogP contribution is 2.14. The summed E-state index contributed by atoms with van der Waals surface area (Å²) in [6.45, 7) is 7.29. The first-order valence-corrected chi connectivity index (χ1v) is 9.40. The summed E-state index contributed by atoms with van der Waals surface area (Å²) in [7, 11) is -3.63. The largest absolute Gasteiger partial charge is 0.336 e. The Morgan fingerprint density at radius 3 is 2.29 bits per heavy atom. The van der Waals surface area contributed by atoms with Gasteiger partial charge in [-0.3, -0.25) is 9.69 Å². The molecule has 0 aliphatic carbocycles. The molecule has 7 heteroatoms. The number of amides is 1. The third-order valence-corrected chi connectivity index (χ3v) is 5.52. The van der Waals surface area contributed by atoms with Crippen LogP contribution >= 0.6 is 0 Å². The highest BCUT2D eigenvalue weighted by Gasteiger charge is 2.23. The van der Waals surface area contributed by atoms with Crippen LogP contribution in [0.1, 0.15) is 24.2 Å². The molecular formula is C17H23N3O3S. The summed E-state index contributed by atoms with van der Waals surface area (Å²) in [5.41, 5.74) is 0.490. The van der Waals surface area contributed by atoms with Gasteiger partial charge in [-0.05, 0) is 38.1 Å². The van der Waals surface area contributed by atoms with Gasteiger partial charge >= 0.3 is 0 Å². The van der Waals surface area contributed by atoms with E-state index in [2.05, 4.69) is 29.4 Å². The molecule has 1 heterocycles. The highest BCUT2D eigenvalue weighted by molar-refractivity contribution is 7.89. The van der Waals surface area contributed by atoms with Crippen LogP contribution in [-0.4, -0.2) is 62.9 Å². The zero-order valence-corrected chi connectivity index (χ0v) is 14.8. The van der Waals surface area contributed by atoms with Gasteiger partial charge in [0.05, 0.1) is 11.4 Å². The molecule has 1 N–H and O–H groups in total. The summed E-state index contributed by atoms with van der Waals surface area (Å²) in [6.07, 6.45) is 5.06. The molecule has 1 aromatic rings. The van der Waals surface area contributed by atoms with Gasteiger partial charge in [0.2, 0.25) is 10.0 Å². The van der Waals surface area contributed by atoms with Gasteiger partial charge in [-0.2, -0.15) is 4.72 Å². The van der Waals surface area contributed by atoms with Crippen LogP contribution < -0.4 is 4.72 Å². The molecule has 1 saturated heterocycles. The van der Waals surface area contributed by atoms with Gasteiger partial charge in [0.15, 0.2) is 0 Å². The number of sulfonamides is 1. The summed E-state index contributed by atoms with van der Waals surface area (Å²) >= 11 is 0. The van der Waals surface area contributed by atoms with Gasteiger partial charge in [-0.1, -0.05) is 5.92 Å². The van der Waals surface area contributed by atoms with E-state index in [0.29, 0.717) is 24.7 Å². The zero-order valence-electron chi connectivity index (χ0n) is 14.0. The van der Waals surface area contributed by atoms with E-state index in [4.69, 9.17) is 6.42 Å². The third-order valence-electron chi connectivity index (χ3n) is 4.11. The number of carbonyl (C=O) groups excluding carboxylic acids is 1. The van der Waals surface area contributed by atoms with E-state index in [1.54, 1.807) is 17.0 Å². The first-order chi connectivity index (χ1) is 11.3. The number of hydrogen-bond acceptors (Lipinski definition) is 4. The molecule has 1 amide bonds. The molecule has 0 aromatic heterocycles. The molecule has 1 aromatic carbocycles. The van der Waals surface area contributed by atoms with Gasteiger partial charge in [-0.15, -0.1) is 6.42 Å². The van der Waals surface area contributed by atoms with Crippen LogP contribution in [0.15, 0.2) is 29.2 Å². The second-order valence-corrected chi connectivity index (χ2v) is 7.74. The lowest BCUT2D eigenvalue weighted by Crippen LogP contribution is -2.50. The van der Waals surface area contributed by atoms with Gasteiger partial charge in [0.1, 0.15) is 0 Å². The van der Waals surface area contributed by atoms with Gasteiger partial charge in [0.25, 0.3) is 5.91 Å². The van der Waals surface area contributed by atoms with E-state index >= 15 is 0 Å². The predicted molar refractivity (Wildman–Crippen MR) is 93.1 cm³/mol. The maximum atomic E-state index is 12.5. The Bertz CT molecular complexity index is 712. The molecule has 0 radical (unpaired) electrons. The Hall–Kier alpha value is -1.88. The second kappa shape index (κ2) is 7.79. The fraction of sp³-hybridized carbons (Fsp3) is 0.471. The van der Waals surface area contributed by atoms with Crippen LogP contribution in [0.25, 0.3) is 0 Å². The Morgan fingerprint density at radius 2 is 1.79 bits per heavy atom. The van der Waals surface area contributed by atoms with E-state index in [0.717, 1.165) is 13.1 Å². The van der Waals surface area contributed by atoms with Crippen molar-refractivity contribution in [3.05, 3.63) is 29.8 Å². The topological polar surface area (TPSA) is 69.7 Å². The predicted octanol–water partition coefficient (Wildman–Crippen LogP) is 0.764. The minimum atomic E-state index is -3.63. The minimum Gasteiger partial charge on any atom is -0.336 e. The Morgan fingerprint density at radius 1 is 1.21 bits per heavy atom. The lowest BCUT2D eigenvalue weighted by atomic mass is 10.1. The zero-order chi connectivity index (χ0) is 17.7. The van der Waals surface area contributed by atoms with Crippen molar-refractivity contribution in [2.24, 2.45) is 0 Å². The maximum absolute atomic E-state index is 12.5. The lowest BCUT2D eigenvalue weighted by molar-refractivity contribution is 0.0595. The van der Waals surface area contributed by atoms with E-state index in [1.807, 2.05) is 0 Å². The van der Waals surface area contributed by atoms with Crippen molar-refractivity contribution in [2.45, 2.75) is 24.8 Å². The Balaban J connectivity index is 2.03. The van der Waals surface area contributed by atoms with E-state index < -0.39 is 10.0 Å². The molecule has 0 saturated carbocycles. The second-order valence-electron chi connectivity index (χ2n) is 5.97. The van der Waals surface area contributed by atoms with Crippen LogP contribution in [0.3, 0.4) is 0 Å². The lowest BCUT2D eigenvalue weighted by Gasteiger charge is -2.37. The van der Waals surface area contributed by atoms with Crippen molar-refractivity contribution in [1.29, 1.82) is 0 Å². The average molecular weight is 349 g/mol. The molecule has 2 rings (SSSR count). The summed E-state index contributed by atoms with van der Waals surface area (Å²) < 4.78 is 26.2. The fourth-order valence-corrected chi connectivity index (χ4v) is 3.56. The maximum Gasteiger partial charge on any atom is 0.253 e. The number of piperazine rings is 1. The molecule has 1 fully saturated rings. The van der Waals surface area contributed by atoms with Crippen LogP contribution in [0, 0.1) is 12.3 Å². The van der Waals surface area contributed by atoms with Crippen molar-refractivity contribution < 1.29 is 13.2 Å². The summed E-state index contributed by atoms with van der Waals surface area (Å²) in [5.74, 6) is 2.15. The first kappa shape index (κ1) is 18.5. The average Bonchev–Trinajstić information content (AvgIpc) is 2.59. The van der Waals surface area contributed by atoms with Crippen LogP contribution in [-0.2, 0) is 10.0 Å². The van der Waals surface area contributed by atoms with Crippen molar-refractivity contribution in [3.8, 4) is 12.3 Å².